The number of aryl methyl sites for hydroxylation is 3. The highest BCUT2D eigenvalue weighted by Gasteiger charge is 2.27. The number of benzene rings is 3. The van der Waals surface area contributed by atoms with Crippen molar-refractivity contribution >= 4 is 26.5 Å². The Bertz CT molecular complexity index is 1310. The van der Waals surface area contributed by atoms with Crippen LogP contribution in [0.4, 0.5) is 4.39 Å². The molecule has 0 saturated heterocycles. The van der Waals surface area contributed by atoms with Crippen LogP contribution >= 0.6 is 10.5 Å². The molecule has 0 bridgehead atoms. The lowest BCUT2D eigenvalue weighted by atomic mass is 9.98. The van der Waals surface area contributed by atoms with Gasteiger partial charge in [-0.15, -0.1) is 0 Å². The highest BCUT2D eigenvalue weighted by Crippen LogP contribution is 2.45. The third-order valence-electron chi connectivity index (χ3n) is 5.71. The van der Waals surface area contributed by atoms with Gasteiger partial charge in [-0.2, -0.15) is 0 Å². The Kier molecular flexibility index (Phi) is 6.26. The van der Waals surface area contributed by atoms with Crippen molar-refractivity contribution in [1.29, 1.82) is 0 Å². The standard InChI is InChI=1S/C28H28FO3S/c1-18-13-24(33-20(3)15-21-9-6-7-12-25(21)33)14-19(2)27(18)31-17-26(30)32-28(4,5)22-10-8-11-23(29)16-22/h6-16H,17H2,1-5H3/q+1. The molecular weight excluding hydrogens is 435 g/mol. The first kappa shape index (κ1) is 23.0. The number of carbonyl (C=O) groups is 1. The fourth-order valence-corrected chi connectivity index (χ4v) is 6.56. The van der Waals surface area contributed by atoms with Gasteiger partial charge in [-0.05, 0) is 68.7 Å². The molecule has 3 nitrogen and oxygen atoms in total. The van der Waals surface area contributed by atoms with Crippen LogP contribution in [0.5, 0.6) is 5.75 Å². The lowest BCUT2D eigenvalue weighted by molar-refractivity contribution is -0.159. The molecule has 4 rings (SSSR count). The summed E-state index contributed by atoms with van der Waals surface area (Å²) in [7, 11) is -0.105. The molecule has 5 heteroatoms. The van der Waals surface area contributed by atoms with Gasteiger partial charge in [0.25, 0.3) is 0 Å². The van der Waals surface area contributed by atoms with Gasteiger partial charge in [0.1, 0.15) is 17.2 Å². The summed E-state index contributed by atoms with van der Waals surface area (Å²) in [5.74, 6) is -0.177. The summed E-state index contributed by atoms with van der Waals surface area (Å²) >= 11 is 0. The number of halogens is 1. The molecule has 1 atom stereocenters. The van der Waals surface area contributed by atoms with Crippen LogP contribution in [0.15, 0.2) is 66.7 Å². The Morgan fingerprint density at radius 1 is 0.939 bits per heavy atom. The number of carbonyl (C=O) groups excluding carboxylic acids is 1. The van der Waals surface area contributed by atoms with Crippen molar-refractivity contribution in [3.05, 3.63) is 94.1 Å². The second-order valence-electron chi connectivity index (χ2n) is 8.77. The van der Waals surface area contributed by atoms with Crippen molar-refractivity contribution in [1.82, 2.24) is 0 Å². The minimum absolute atomic E-state index is 0.105. The van der Waals surface area contributed by atoms with Crippen molar-refractivity contribution in [2.75, 3.05) is 6.61 Å². The molecule has 0 aliphatic heterocycles. The molecule has 1 aromatic heterocycles. The summed E-state index contributed by atoms with van der Waals surface area (Å²) in [6, 6.07) is 21.1. The molecular formula is C28H28FO3S+. The maximum atomic E-state index is 13.6. The van der Waals surface area contributed by atoms with Crippen LogP contribution < -0.4 is 4.74 Å². The molecule has 1 unspecified atom stereocenters. The van der Waals surface area contributed by atoms with Crippen LogP contribution in [-0.2, 0) is 15.1 Å². The van der Waals surface area contributed by atoms with Crippen LogP contribution in [0.25, 0.3) is 15.0 Å². The van der Waals surface area contributed by atoms with Gasteiger partial charge in [0, 0.05) is 41.0 Å². The second kappa shape index (κ2) is 8.99. The summed E-state index contributed by atoms with van der Waals surface area (Å²) in [4.78, 5) is 15.1. The monoisotopic (exact) mass is 463 g/mol. The Morgan fingerprint density at radius 2 is 1.64 bits per heavy atom. The number of esters is 1. The maximum absolute atomic E-state index is 13.6. The third kappa shape index (κ3) is 4.79. The van der Waals surface area contributed by atoms with Crippen molar-refractivity contribution < 1.29 is 18.7 Å². The normalized spacial score (nSPS) is 12.1. The largest absolute Gasteiger partial charge is 0.481 e. The minimum atomic E-state index is -0.961. The van der Waals surface area contributed by atoms with E-state index in [1.165, 1.54) is 32.0 Å². The fraction of sp³-hybridized carbons (Fsp3) is 0.250. The van der Waals surface area contributed by atoms with Crippen LogP contribution in [0.1, 0.15) is 35.4 Å². The molecule has 0 aliphatic carbocycles. The Balaban J connectivity index is 1.51. The first-order chi connectivity index (χ1) is 15.7. The number of hydrogen-bond donors (Lipinski definition) is 0. The molecule has 4 aromatic rings. The molecule has 1 heterocycles. The average Bonchev–Trinajstić information content (AvgIpc) is 3.08. The van der Waals surface area contributed by atoms with E-state index in [4.69, 9.17) is 9.47 Å². The van der Waals surface area contributed by atoms with Crippen LogP contribution in [0.3, 0.4) is 0 Å². The molecule has 0 amide bonds. The number of fused-ring (bicyclic) bond motifs is 1. The molecule has 0 saturated carbocycles. The molecule has 0 radical (unpaired) electrons. The SMILES string of the molecule is Cc1cc(-[s+]2c(C)cc3ccccc32)cc(C)c1OCC(=O)OC(C)(C)c1cccc(F)c1. The molecule has 170 valence electrons. The topological polar surface area (TPSA) is 35.5 Å². The fourth-order valence-electron chi connectivity index (χ4n) is 4.17. The van der Waals surface area contributed by atoms with Crippen molar-refractivity contribution in [2.24, 2.45) is 0 Å². The van der Waals surface area contributed by atoms with Crippen molar-refractivity contribution in [2.45, 2.75) is 40.2 Å². The summed E-state index contributed by atoms with van der Waals surface area (Å²) in [5.41, 5.74) is 1.59. The third-order valence-corrected chi connectivity index (χ3v) is 7.99. The van der Waals surface area contributed by atoms with E-state index in [1.54, 1.807) is 26.0 Å². The maximum Gasteiger partial charge on any atom is 0.345 e. The molecule has 0 N–H and O–H groups in total. The zero-order valence-electron chi connectivity index (χ0n) is 19.6. The lowest BCUT2D eigenvalue weighted by Crippen LogP contribution is -2.28. The molecule has 33 heavy (non-hydrogen) atoms. The zero-order valence-corrected chi connectivity index (χ0v) is 20.4. The predicted octanol–water partition coefficient (Wildman–Crippen LogP) is 7.50. The molecule has 0 fully saturated rings. The minimum Gasteiger partial charge on any atom is -0.481 e. The highest BCUT2D eigenvalue weighted by molar-refractivity contribution is 7.45. The van der Waals surface area contributed by atoms with Gasteiger partial charge in [-0.1, -0.05) is 24.3 Å². The van der Waals surface area contributed by atoms with E-state index in [2.05, 4.69) is 49.4 Å². The van der Waals surface area contributed by atoms with Gasteiger partial charge in [0.2, 0.25) is 0 Å². The van der Waals surface area contributed by atoms with E-state index in [1.807, 2.05) is 13.8 Å². The van der Waals surface area contributed by atoms with Gasteiger partial charge in [0.15, 0.2) is 21.1 Å². The van der Waals surface area contributed by atoms with E-state index >= 15 is 0 Å². The van der Waals surface area contributed by atoms with E-state index in [9.17, 15) is 9.18 Å². The van der Waals surface area contributed by atoms with Crippen LogP contribution in [-0.4, -0.2) is 12.6 Å². The summed E-state index contributed by atoms with van der Waals surface area (Å²) in [5, 5.41) is 1.28. The van der Waals surface area contributed by atoms with Gasteiger partial charge < -0.3 is 9.47 Å². The van der Waals surface area contributed by atoms with E-state index in [0.29, 0.717) is 11.3 Å². The van der Waals surface area contributed by atoms with E-state index in [0.717, 1.165) is 11.1 Å². The first-order valence-corrected chi connectivity index (χ1v) is 12.1. The Labute approximate surface area is 196 Å². The number of ether oxygens (including phenoxy) is 2. The van der Waals surface area contributed by atoms with Gasteiger partial charge >= 0.3 is 5.97 Å². The van der Waals surface area contributed by atoms with Crippen molar-refractivity contribution in [3.63, 3.8) is 0 Å². The zero-order chi connectivity index (χ0) is 23.8. The summed E-state index contributed by atoms with van der Waals surface area (Å²) in [6.07, 6.45) is 0. The van der Waals surface area contributed by atoms with Crippen molar-refractivity contribution in [3.8, 4) is 10.6 Å². The van der Waals surface area contributed by atoms with Gasteiger partial charge in [0.05, 0.1) is 0 Å². The second-order valence-corrected chi connectivity index (χ2v) is 10.9. The van der Waals surface area contributed by atoms with Crippen LogP contribution in [0, 0.1) is 26.6 Å². The highest BCUT2D eigenvalue weighted by atomic mass is 32.2. The van der Waals surface area contributed by atoms with Gasteiger partial charge in [-0.25, -0.2) is 9.18 Å². The van der Waals surface area contributed by atoms with E-state index < -0.39 is 11.6 Å². The van der Waals surface area contributed by atoms with Gasteiger partial charge in [-0.3, -0.25) is 0 Å². The summed E-state index contributed by atoms with van der Waals surface area (Å²) < 4.78 is 26.4. The molecule has 0 aliphatic rings. The Hall–Kier alpha value is -3.18. The number of hydrogen-bond acceptors (Lipinski definition) is 3. The Morgan fingerprint density at radius 3 is 2.33 bits per heavy atom. The van der Waals surface area contributed by atoms with E-state index in [-0.39, 0.29) is 22.9 Å². The smallest absolute Gasteiger partial charge is 0.345 e. The molecule has 0 spiro atoms. The predicted molar refractivity (Wildman–Crippen MR) is 133 cm³/mol. The first-order valence-electron chi connectivity index (χ1n) is 10.9. The number of rotatable bonds is 6. The summed E-state index contributed by atoms with van der Waals surface area (Å²) in [6.45, 7) is 9.43. The quantitative estimate of drug-likeness (QED) is 0.219. The van der Waals surface area contributed by atoms with Crippen LogP contribution in [0.2, 0.25) is 0 Å². The average molecular weight is 464 g/mol. The lowest BCUT2D eigenvalue weighted by Gasteiger charge is -2.26. The number of thiophene rings is 1. The molecule has 3 aromatic carbocycles.